The summed E-state index contributed by atoms with van der Waals surface area (Å²) in [5.74, 6) is 0.267. The molecule has 0 aliphatic carbocycles. The molecular formula is C20H22N2O3S. The lowest BCUT2D eigenvalue weighted by Gasteiger charge is -2.24. The monoisotopic (exact) mass is 370 g/mol. The van der Waals surface area contributed by atoms with E-state index in [2.05, 4.69) is 0 Å². The van der Waals surface area contributed by atoms with Crippen molar-refractivity contribution in [3.05, 3.63) is 76.3 Å². The lowest BCUT2D eigenvalue weighted by molar-refractivity contribution is -0.483. The van der Waals surface area contributed by atoms with E-state index >= 15 is 0 Å². The van der Waals surface area contributed by atoms with Crippen LogP contribution in [0, 0.1) is 10.1 Å². The van der Waals surface area contributed by atoms with Gasteiger partial charge in [0.2, 0.25) is 6.54 Å². The Balaban J connectivity index is 2.00. The third kappa shape index (κ3) is 4.64. The molecule has 0 N–H and O–H groups in total. The number of ether oxygens (including phenoxy) is 1. The Morgan fingerprint density at radius 1 is 1.15 bits per heavy atom. The third-order valence-corrected chi connectivity index (χ3v) is 5.50. The van der Waals surface area contributed by atoms with Gasteiger partial charge in [0, 0.05) is 9.82 Å². The Kier molecular flexibility index (Phi) is 5.61. The number of aliphatic imine (C=N–C) groups is 1. The fourth-order valence-corrected chi connectivity index (χ4v) is 4.18. The zero-order chi connectivity index (χ0) is 18.6. The van der Waals surface area contributed by atoms with E-state index in [1.807, 2.05) is 74.5 Å². The largest absolute Gasteiger partial charge is 0.478 e. The highest BCUT2D eigenvalue weighted by Gasteiger charge is 2.38. The normalized spacial score (nSPS) is 17.8. The SMILES string of the molecule is CC1(C)COC([C@H](Sc2ccccc2)[C@H](C[N+](=O)[O-])c2ccccc2)=N1. The Bertz CT molecular complexity index is 778. The van der Waals surface area contributed by atoms with Crippen LogP contribution in [0.15, 0.2) is 70.6 Å². The number of thioether (sulfide) groups is 1. The highest BCUT2D eigenvalue weighted by atomic mass is 32.2. The molecule has 2 atom stereocenters. The van der Waals surface area contributed by atoms with E-state index < -0.39 is 0 Å². The van der Waals surface area contributed by atoms with Gasteiger partial charge < -0.3 is 4.74 Å². The molecule has 1 heterocycles. The first kappa shape index (κ1) is 18.5. The molecule has 6 heteroatoms. The van der Waals surface area contributed by atoms with Crippen LogP contribution in [-0.2, 0) is 4.74 Å². The number of hydrogen-bond acceptors (Lipinski definition) is 5. The van der Waals surface area contributed by atoms with Crippen molar-refractivity contribution in [1.82, 2.24) is 0 Å². The molecule has 0 aromatic heterocycles. The van der Waals surface area contributed by atoms with Gasteiger partial charge in [-0.15, -0.1) is 11.8 Å². The highest BCUT2D eigenvalue weighted by molar-refractivity contribution is 8.00. The minimum absolute atomic E-state index is 0.169. The van der Waals surface area contributed by atoms with Gasteiger partial charge in [-0.25, -0.2) is 4.99 Å². The van der Waals surface area contributed by atoms with Crippen LogP contribution in [0.3, 0.4) is 0 Å². The van der Waals surface area contributed by atoms with Crippen molar-refractivity contribution in [3.8, 4) is 0 Å². The van der Waals surface area contributed by atoms with Gasteiger partial charge in [-0.05, 0) is 31.5 Å². The van der Waals surface area contributed by atoms with Gasteiger partial charge in [-0.1, -0.05) is 48.5 Å². The van der Waals surface area contributed by atoms with Gasteiger partial charge >= 0.3 is 0 Å². The summed E-state index contributed by atoms with van der Waals surface area (Å²) >= 11 is 1.57. The third-order valence-electron chi connectivity index (χ3n) is 4.17. The fraction of sp³-hybridized carbons (Fsp3) is 0.350. The summed E-state index contributed by atoms with van der Waals surface area (Å²) in [5.41, 5.74) is 0.620. The lowest BCUT2D eigenvalue weighted by atomic mass is 9.95. The smallest absolute Gasteiger partial charge is 0.212 e. The fourth-order valence-electron chi connectivity index (χ4n) is 2.95. The predicted molar refractivity (Wildman–Crippen MR) is 105 cm³/mol. The van der Waals surface area contributed by atoms with E-state index in [1.54, 1.807) is 11.8 Å². The van der Waals surface area contributed by atoms with E-state index in [0.717, 1.165) is 10.5 Å². The summed E-state index contributed by atoms with van der Waals surface area (Å²) in [5, 5.41) is 11.1. The van der Waals surface area contributed by atoms with E-state index in [-0.39, 0.29) is 28.2 Å². The molecule has 1 aliphatic rings. The maximum absolute atomic E-state index is 11.4. The summed E-state index contributed by atoms with van der Waals surface area (Å²) < 4.78 is 5.89. The molecule has 0 saturated heterocycles. The number of nitro groups is 1. The molecule has 2 aromatic carbocycles. The molecule has 5 nitrogen and oxygen atoms in total. The second-order valence-electron chi connectivity index (χ2n) is 6.94. The number of rotatable bonds is 7. The van der Waals surface area contributed by atoms with E-state index in [9.17, 15) is 10.1 Å². The molecule has 136 valence electrons. The second-order valence-corrected chi connectivity index (χ2v) is 8.15. The molecular weight excluding hydrogens is 348 g/mol. The minimum atomic E-state index is -0.330. The number of benzene rings is 2. The lowest BCUT2D eigenvalue weighted by Crippen LogP contribution is -2.30. The van der Waals surface area contributed by atoms with Crippen molar-refractivity contribution >= 4 is 17.7 Å². The second kappa shape index (κ2) is 7.91. The molecule has 0 bridgehead atoms. The van der Waals surface area contributed by atoms with Gasteiger partial charge in [0.05, 0.1) is 16.7 Å². The number of nitrogens with zero attached hydrogens (tertiary/aromatic N) is 2. The summed E-state index contributed by atoms with van der Waals surface area (Å²) in [6, 6.07) is 19.5. The average Bonchev–Trinajstić information content (AvgIpc) is 2.99. The van der Waals surface area contributed by atoms with E-state index in [4.69, 9.17) is 9.73 Å². The van der Waals surface area contributed by atoms with Gasteiger partial charge in [0.25, 0.3) is 0 Å². The summed E-state index contributed by atoms with van der Waals surface area (Å²) in [6.45, 7) is 4.34. The first-order chi connectivity index (χ1) is 12.4. The van der Waals surface area contributed by atoms with E-state index in [1.165, 1.54) is 0 Å². The summed E-state index contributed by atoms with van der Waals surface area (Å²) in [6.07, 6.45) is 0. The quantitative estimate of drug-likeness (QED) is 0.411. The maximum atomic E-state index is 11.4. The molecule has 0 spiro atoms. The number of hydrogen-bond donors (Lipinski definition) is 0. The molecule has 26 heavy (non-hydrogen) atoms. The Morgan fingerprint density at radius 2 is 1.77 bits per heavy atom. The Hall–Kier alpha value is -2.34. The van der Waals surface area contributed by atoms with Gasteiger partial charge in [0.1, 0.15) is 6.61 Å². The molecule has 3 rings (SSSR count). The van der Waals surface area contributed by atoms with Crippen LogP contribution < -0.4 is 0 Å². The van der Waals surface area contributed by atoms with Crippen LogP contribution in [0.1, 0.15) is 25.3 Å². The van der Waals surface area contributed by atoms with Crippen LogP contribution in [0.2, 0.25) is 0 Å². The Labute approximate surface area is 157 Å². The van der Waals surface area contributed by atoms with Crippen molar-refractivity contribution in [2.75, 3.05) is 13.2 Å². The average molecular weight is 370 g/mol. The highest BCUT2D eigenvalue weighted by Crippen LogP contribution is 2.37. The predicted octanol–water partition coefficient (Wildman–Crippen LogP) is 4.42. The van der Waals surface area contributed by atoms with Crippen molar-refractivity contribution in [2.45, 2.75) is 35.4 Å². The molecule has 0 radical (unpaired) electrons. The molecule has 0 fully saturated rings. The van der Waals surface area contributed by atoms with Crippen molar-refractivity contribution in [2.24, 2.45) is 4.99 Å². The van der Waals surface area contributed by atoms with E-state index in [0.29, 0.717) is 12.5 Å². The first-order valence-electron chi connectivity index (χ1n) is 8.56. The summed E-state index contributed by atoms with van der Waals surface area (Å²) in [7, 11) is 0. The molecule has 0 unspecified atom stereocenters. The van der Waals surface area contributed by atoms with Crippen LogP contribution in [0.4, 0.5) is 0 Å². The molecule has 0 saturated carbocycles. The molecule has 0 amide bonds. The minimum Gasteiger partial charge on any atom is -0.478 e. The molecule has 1 aliphatic heterocycles. The zero-order valence-electron chi connectivity index (χ0n) is 14.9. The summed E-state index contributed by atoms with van der Waals surface area (Å²) in [4.78, 5) is 16.9. The standard InChI is InChI=1S/C20H22N2O3S/c1-20(2)14-25-19(21-20)18(26-16-11-7-4-8-12-16)17(13-22(23)24)15-9-5-3-6-10-15/h3-12,17-18H,13-14H2,1-2H3/t17-,18-/m1/s1. The van der Waals surface area contributed by atoms with Gasteiger partial charge in [-0.2, -0.15) is 0 Å². The van der Waals surface area contributed by atoms with Crippen molar-refractivity contribution < 1.29 is 9.66 Å². The van der Waals surface area contributed by atoms with Crippen LogP contribution in [0.25, 0.3) is 0 Å². The van der Waals surface area contributed by atoms with Crippen molar-refractivity contribution in [3.63, 3.8) is 0 Å². The van der Waals surface area contributed by atoms with Crippen LogP contribution in [0.5, 0.6) is 0 Å². The maximum Gasteiger partial charge on any atom is 0.212 e. The van der Waals surface area contributed by atoms with Crippen LogP contribution >= 0.6 is 11.8 Å². The molecule has 2 aromatic rings. The van der Waals surface area contributed by atoms with Crippen molar-refractivity contribution in [1.29, 1.82) is 0 Å². The topological polar surface area (TPSA) is 64.7 Å². The van der Waals surface area contributed by atoms with Crippen LogP contribution in [-0.4, -0.2) is 34.8 Å². The van der Waals surface area contributed by atoms with Gasteiger partial charge in [-0.3, -0.25) is 10.1 Å². The zero-order valence-corrected chi connectivity index (χ0v) is 15.7. The van der Waals surface area contributed by atoms with Gasteiger partial charge in [0.15, 0.2) is 5.90 Å². The first-order valence-corrected chi connectivity index (χ1v) is 9.43. The Morgan fingerprint density at radius 3 is 2.31 bits per heavy atom.